The van der Waals surface area contributed by atoms with E-state index in [1.807, 2.05) is 6.92 Å². The molecule has 2 heterocycles. The predicted octanol–water partition coefficient (Wildman–Crippen LogP) is -0.122. The molecule has 7 nitrogen and oxygen atoms in total. The van der Waals surface area contributed by atoms with Crippen LogP contribution in [0.25, 0.3) is 0 Å². The van der Waals surface area contributed by atoms with E-state index in [9.17, 15) is 13.5 Å². The molecule has 3 N–H and O–H groups in total. The summed E-state index contributed by atoms with van der Waals surface area (Å²) in [4.78, 5) is 0.0629. The van der Waals surface area contributed by atoms with Gasteiger partial charge in [-0.1, -0.05) is 0 Å². The van der Waals surface area contributed by atoms with Crippen molar-refractivity contribution in [2.24, 2.45) is 5.92 Å². The number of aromatic nitrogens is 2. The quantitative estimate of drug-likeness (QED) is 0.804. The van der Waals surface area contributed by atoms with Crippen molar-refractivity contribution < 1.29 is 13.5 Å². The van der Waals surface area contributed by atoms with Crippen molar-refractivity contribution in [2.45, 2.75) is 31.2 Å². The van der Waals surface area contributed by atoms with Crippen LogP contribution in [0.4, 0.5) is 5.82 Å². The number of nitrogens with zero attached hydrogens (tertiary/aromatic N) is 3. The Morgan fingerprint density at radius 2 is 2.32 bits per heavy atom. The molecule has 1 aromatic rings. The van der Waals surface area contributed by atoms with Crippen LogP contribution in [0.1, 0.15) is 19.8 Å². The fourth-order valence-electron chi connectivity index (χ4n) is 2.31. The number of aliphatic hydroxyl groups is 1. The van der Waals surface area contributed by atoms with Gasteiger partial charge in [0.05, 0.1) is 0 Å². The van der Waals surface area contributed by atoms with Crippen molar-refractivity contribution in [3.8, 4) is 0 Å². The maximum atomic E-state index is 12.5. The minimum atomic E-state index is -3.61. The summed E-state index contributed by atoms with van der Waals surface area (Å²) in [5.74, 6) is 0.0407. The van der Waals surface area contributed by atoms with Gasteiger partial charge in [-0.25, -0.2) is 8.42 Å². The van der Waals surface area contributed by atoms with Crippen molar-refractivity contribution in [2.75, 3.05) is 25.4 Å². The number of aryl methyl sites for hydroxylation is 1. The Labute approximate surface area is 113 Å². The highest BCUT2D eigenvalue weighted by Crippen LogP contribution is 2.26. The molecule has 0 amide bonds. The van der Waals surface area contributed by atoms with E-state index in [1.54, 1.807) is 0 Å². The third-order valence-electron chi connectivity index (χ3n) is 3.44. The number of piperidine rings is 1. The van der Waals surface area contributed by atoms with Gasteiger partial charge < -0.3 is 10.8 Å². The molecule has 1 aromatic heterocycles. The number of anilines is 1. The third kappa shape index (κ3) is 2.75. The molecule has 1 aliphatic rings. The number of nitrogens with two attached hydrogens (primary N) is 1. The van der Waals surface area contributed by atoms with Crippen molar-refractivity contribution in [1.29, 1.82) is 0 Å². The van der Waals surface area contributed by atoms with Gasteiger partial charge in [-0.15, -0.1) is 0 Å². The van der Waals surface area contributed by atoms with E-state index >= 15 is 0 Å². The van der Waals surface area contributed by atoms with Gasteiger partial charge >= 0.3 is 0 Å². The first kappa shape index (κ1) is 14.3. The van der Waals surface area contributed by atoms with E-state index in [-0.39, 0.29) is 23.2 Å². The number of nitrogen functional groups attached to an aromatic ring is 1. The summed E-state index contributed by atoms with van der Waals surface area (Å²) in [5, 5.41) is 13.1. The summed E-state index contributed by atoms with van der Waals surface area (Å²) in [7, 11) is -3.61. The zero-order chi connectivity index (χ0) is 14.0. The fraction of sp³-hybridized carbons (Fsp3) is 0.727. The SMILES string of the molecule is CCn1cc(S(=O)(=O)N2CCCC(CO)C2)c(N)n1. The van der Waals surface area contributed by atoms with Crippen LogP contribution in [-0.4, -0.2) is 47.3 Å². The molecule has 108 valence electrons. The maximum Gasteiger partial charge on any atom is 0.248 e. The van der Waals surface area contributed by atoms with Crippen LogP contribution in [-0.2, 0) is 16.6 Å². The Kier molecular flexibility index (Phi) is 4.12. The zero-order valence-corrected chi connectivity index (χ0v) is 11.8. The lowest BCUT2D eigenvalue weighted by Gasteiger charge is -2.30. The Hall–Kier alpha value is -1.12. The molecule has 1 fully saturated rings. The van der Waals surface area contributed by atoms with E-state index in [0.29, 0.717) is 19.6 Å². The largest absolute Gasteiger partial charge is 0.396 e. The van der Waals surface area contributed by atoms with E-state index in [2.05, 4.69) is 5.10 Å². The molecular formula is C11H20N4O3S. The first-order valence-corrected chi connectivity index (χ1v) is 7.87. The Balaban J connectivity index is 2.28. The van der Waals surface area contributed by atoms with Gasteiger partial charge in [-0.2, -0.15) is 9.40 Å². The second kappa shape index (κ2) is 5.48. The van der Waals surface area contributed by atoms with Crippen LogP contribution in [0.5, 0.6) is 0 Å². The summed E-state index contributed by atoms with van der Waals surface area (Å²) in [6.07, 6.45) is 3.08. The highest BCUT2D eigenvalue weighted by molar-refractivity contribution is 7.89. The second-order valence-corrected chi connectivity index (χ2v) is 6.69. The summed E-state index contributed by atoms with van der Waals surface area (Å²) in [6, 6.07) is 0. The summed E-state index contributed by atoms with van der Waals surface area (Å²) < 4.78 is 27.9. The number of aliphatic hydroxyl groups excluding tert-OH is 1. The molecule has 1 atom stereocenters. The fourth-order valence-corrected chi connectivity index (χ4v) is 3.93. The first-order valence-electron chi connectivity index (χ1n) is 6.43. The van der Waals surface area contributed by atoms with Crippen LogP contribution in [0.2, 0.25) is 0 Å². The van der Waals surface area contributed by atoms with Crippen LogP contribution >= 0.6 is 0 Å². The van der Waals surface area contributed by atoms with Crippen molar-refractivity contribution in [3.05, 3.63) is 6.20 Å². The van der Waals surface area contributed by atoms with Gasteiger partial charge in [0.25, 0.3) is 0 Å². The van der Waals surface area contributed by atoms with Crippen molar-refractivity contribution in [1.82, 2.24) is 14.1 Å². The molecule has 0 aliphatic carbocycles. The molecule has 8 heteroatoms. The average Bonchev–Trinajstić information content (AvgIpc) is 2.81. The minimum Gasteiger partial charge on any atom is -0.396 e. The lowest BCUT2D eigenvalue weighted by Crippen LogP contribution is -2.40. The van der Waals surface area contributed by atoms with Crippen LogP contribution in [0.15, 0.2) is 11.1 Å². The molecule has 19 heavy (non-hydrogen) atoms. The maximum absolute atomic E-state index is 12.5. The second-order valence-electron chi connectivity index (χ2n) is 4.79. The highest BCUT2D eigenvalue weighted by atomic mass is 32.2. The molecule has 0 bridgehead atoms. The number of hydrogen-bond acceptors (Lipinski definition) is 5. The number of rotatable bonds is 4. The Morgan fingerprint density at radius 1 is 1.58 bits per heavy atom. The van der Waals surface area contributed by atoms with E-state index in [1.165, 1.54) is 15.2 Å². The molecule has 2 rings (SSSR count). The monoisotopic (exact) mass is 288 g/mol. The van der Waals surface area contributed by atoms with Crippen molar-refractivity contribution >= 4 is 15.8 Å². The highest BCUT2D eigenvalue weighted by Gasteiger charge is 2.32. The average molecular weight is 288 g/mol. The normalized spacial score (nSPS) is 21.7. The predicted molar refractivity (Wildman–Crippen MR) is 70.9 cm³/mol. The summed E-state index contributed by atoms with van der Waals surface area (Å²) in [6.45, 7) is 3.26. The van der Waals surface area contributed by atoms with E-state index in [0.717, 1.165) is 12.8 Å². The molecule has 0 spiro atoms. The van der Waals surface area contributed by atoms with Gasteiger partial charge in [0.2, 0.25) is 10.0 Å². The zero-order valence-electron chi connectivity index (χ0n) is 11.0. The Morgan fingerprint density at radius 3 is 2.89 bits per heavy atom. The first-order chi connectivity index (χ1) is 8.98. The minimum absolute atomic E-state index is 0.00553. The molecule has 0 radical (unpaired) electrons. The molecule has 0 aromatic carbocycles. The standard InChI is InChI=1S/C11H20N4O3S/c1-2-14-7-10(11(12)13-14)19(17,18)15-5-3-4-9(6-15)8-16/h7,9,16H,2-6,8H2,1H3,(H2,12,13). The Bertz CT molecular complexity index is 540. The van der Waals surface area contributed by atoms with Crippen LogP contribution in [0.3, 0.4) is 0 Å². The van der Waals surface area contributed by atoms with Crippen LogP contribution < -0.4 is 5.73 Å². The van der Waals surface area contributed by atoms with Crippen LogP contribution in [0, 0.1) is 5.92 Å². The molecule has 1 aliphatic heterocycles. The van der Waals surface area contributed by atoms with Gasteiger partial charge in [0.15, 0.2) is 5.82 Å². The summed E-state index contributed by atoms with van der Waals surface area (Å²) >= 11 is 0. The summed E-state index contributed by atoms with van der Waals surface area (Å²) in [5.41, 5.74) is 5.69. The molecular weight excluding hydrogens is 268 g/mol. The van der Waals surface area contributed by atoms with Gasteiger partial charge in [-0.3, -0.25) is 4.68 Å². The smallest absolute Gasteiger partial charge is 0.248 e. The third-order valence-corrected chi connectivity index (χ3v) is 5.32. The molecule has 0 saturated carbocycles. The molecule has 1 saturated heterocycles. The topological polar surface area (TPSA) is 101 Å². The number of hydrogen-bond donors (Lipinski definition) is 2. The van der Waals surface area contributed by atoms with Gasteiger partial charge in [0, 0.05) is 32.4 Å². The molecule has 1 unspecified atom stereocenters. The lowest BCUT2D eigenvalue weighted by molar-refractivity contribution is 0.165. The van der Waals surface area contributed by atoms with E-state index in [4.69, 9.17) is 5.73 Å². The van der Waals surface area contributed by atoms with Gasteiger partial charge in [-0.05, 0) is 25.7 Å². The van der Waals surface area contributed by atoms with Gasteiger partial charge in [0.1, 0.15) is 4.90 Å². The number of sulfonamides is 1. The van der Waals surface area contributed by atoms with Crippen molar-refractivity contribution in [3.63, 3.8) is 0 Å². The lowest BCUT2D eigenvalue weighted by atomic mass is 10.0. The van der Waals surface area contributed by atoms with E-state index < -0.39 is 10.0 Å².